The Kier molecular flexibility index (Phi) is 6.88. The lowest BCUT2D eigenvalue weighted by Crippen LogP contribution is -2.26. The highest BCUT2D eigenvalue weighted by Gasteiger charge is 2.12. The largest absolute Gasteiger partial charge is 0.497 e. The van der Waals surface area contributed by atoms with E-state index in [1.807, 2.05) is 84.9 Å². The Bertz CT molecular complexity index is 933. The highest BCUT2D eigenvalue weighted by atomic mass is 35.5. The first-order valence-corrected chi connectivity index (χ1v) is 9.47. The van der Waals surface area contributed by atoms with Crippen molar-refractivity contribution in [2.75, 3.05) is 13.7 Å². The predicted octanol–water partition coefficient (Wildman–Crippen LogP) is 5.25. The molecule has 3 aromatic rings. The monoisotopic (exact) mass is 391 g/mol. The number of ether oxygens (including phenoxy) is 1. The summed E-state index contributed by atoms with van der Waals surface area (Å²) in [5, 5.41) is 3.73. The number of carbonyl (C=O) groups is 1. The maximum Gasteiger partial charge on any atom is 0.251 e. The summed E-state index contributed by atoms with van der Waals surface area (Å²) in [4.78, 5) is 12.9. The van der Waals surface area contributed by atoms with Gasteiger partial charge in [-0.3, -0.25) is 4.79 Å². The third-order valence-electron chi connectivity index (χ3n) is 4.37. The van der Waals surface area contributed by atoms with Crippen LogP contribution >= 0.6 is 11.6 Å². The van der Waals surface area contributed by atoms with E-state index in [1.165, 1.54) is 0 Å². The summed E-state index contributed by atoms with van der Waals surface area (Å²) in [6.07, 6.45) is 2.64. The molecule has 0 aliphatic carbocycles. The number of methoxy groups -OCH3 is 1. The Balaban J connectivity index is 1.75. The van der Waals surface area contributed by atoms with Gasteiger partial charge in [-0.25, -0.2) is 0 Å². The van der Waals surface area contributed by atoms with Crippen LogP contribution < -0.4 is 10.1 Å². The van der Waals surface area contributed by atoms with Crippen LogP contribution in [0.5, 0.6) is 5.75 Å². The molecule has 0 saturated carbocycles. The second kappa shape index (κ2) is 9.77. The van der Waals surface area contributed by atoms with Gasteiger partial charge in [0.2, 0.25) is 0 Å². The van der Waals surface area contributed by atoms with Crippen LogP contribution in [0.1, 0.15) is 16.7 Å². The molecule has 0 radical (unpaired) electrons. The molecule has 0 aliphatic heterocycles. The van der Waals surface area contributed by atoms with Gasteiger partial charge >= 0.3 is 0 Å². The average molecular weight is 392 g/mol. The van der Waals surface area contributed by atoms with Gasteiger partial charge in [-0.05, 0) is 53.5 Å². The van der Waals surface area contributed by atoms with Crippen LogP contribution in [0.25, 0.3) is 11.6 Å². The van der Waals surface area contributed by atoms with E-state index in [1.54, 1.807) is 7.11 Å². The molecule has 3 rings (SSSR count). The Morgan fingerprint density at radius 2 is 1.64 bits per heavy atom. The van der Waals surface area contributed by atoms with Gasteiger partial charge in [-0.1, -0.05) is 66.2 Å². The molecule has 0 fully saturated rings. The molecule has 0 heterocycles. The van der Waals surface area contributed by atoms with Crippen LogP contribution in [0, 0.1) is 0 Å². The van der Waals surface area contributed by atoms with Gasteiger partial charge in [0.1, 0.15) is 5.75 Å². The van der Waals surface area contributed by atoms with E-state index in [4.69, 9.17) is 16.3 Å². The molecule has 0 bridgehead atoms. The van der Waals surface area contributed by atoms with Crippen molar-refractivity contribution < 1.29 is 9.53 Å². The second-order valence-corrected chi connectivity index (χ2v) is 6.77. The number of carbonyl (C=O) groups excluding carboxylic acids is 1. The normalized spacial score (nSPS) is 11.1. The number of halogens is 1. The van der Waals surface area contributed by atoms with E-state index in [9.17, 15) is 4.79 Å². The molecule has 3 aromatic carbocycles. The van der Waals surface area contributed by atoms with Crippen molar-refractivity contribution in [3.05, 3.63) is 101 Å². The van der Waals surface area contributed by atoms with E-state index < -0.39 is 0 Å². The lowest BCUT2D eigenvalue weighted by atomic mass is 10.0. The third-order valence-corrected chi connectivity index (χ3v) is 4.62. The average Bonchev–Trinajstić information content (AvgIpc) is 2.74. The molecule has 0 spiro atoms. The van der Waals surface area contributed by atoms with Gasteiger partial charge < -0.3 is 10.1 Å². The number of rotatable bonds is 7. The van der Waals surface area contributed by atoms with E-state index >= 15 is 0 Å². The minimum absolute atomic E-state index is 0.101. The minimum Gasteiger partial charge on any atom is -0.497 e. The van der Waals surface area contributed by atoms with E-state index in [2.05, 4.69) is 5.32 Å². The molecule has 0 unspecified atom stereocenters. The highest BCUT2D eigenvalue weighted by molar-refractivity contribution is 6.30. The zero-order valence-electron chi connectivity index (χ0n) is 15.7. The van der Waals surface area contributed by atoms with E-state index in [0.29, 0.717) is 17.1 Å². The smallest absolute Gasteiger partial charge is 0.251 e. The zero-order chi connectivity index (χ0) is 19.8. The SMILES string of the molecule is COc1ccc(/C=C(/C(=O)NCCc2ccc(Cl)cc2)c2ccccc2)cc1. The Hall–Kier alpha value is -3.04. The summed E-state index contributed by atoms with van der Waals surface area (Å²) >= 11 is 5.92. The van der Waals surface area contributed by atoms with Crippen molar-refractivity contribution in [1.82, 2.24) is 5.32 Å². The van der Waals surface area contributed by atoms with Crippen molar-refractivity contribution in [3.8, 4) is 5.75 Å². The van der Waals surface area contributed by atoms with Crippen LogP contribution in [0.3, 0.4) is 0 Å². The summed E-state index contributed by atoms with van der Waals surface area (Å²) in [7, 11) is 1.63. The standard InChI is InChI=1S/C24H22ClNO2/c1-28-22-13-9-19(10-14-22)17-23(20-5-3-2-4-6-20)24(27)26-16-15-18-7-11-21(25)12-8-18/h2-14,17H,15-16H2,1H3,(H,26,27)/b23-17+. The van der Waals surface area contributed by atoms with Gasteiger partial charge in [0.05, 0.1) is 7.11 Å². The Labute approximate surface area is 170 Å². The highest BCUT2D eigenvalue weighted by Crippen LogP contribution is 2.20. The van der Waals surface area contributed by atoms with Crippen LogP contribution in [-0.4, -0.2) is 19.6 Å². The molecule has 0 aromatic heterocycles. The van der Waals surface area contributed by atoms with Crippen LogP contribution in [0.15, 0.2) is 78.9 Å². The zero-order valence-corrected chi connectivity index (χ0v) is 16.4. The second-order valence-electron chi connectivity index (χ2n) is 6.33. The molecule has 1 N–H and O–H groups in total. The van der Waals surface area contributed by atoms with Gasteiger partial charge in [0, 0.05) is 17.1 Å². The summed E-state index contributed by atoms with van der Waals surface area (Å²) in [6, 6.07) is 25.0. The molecule has 3 nitrogen and oxygen atoms in total. The number of nitrogens with one attached hydrogen (secondary N) is 1. The molecule has 1 amide bonds. The molecule has 28 heavy (non-hydrogen) atoms. The van der Waals surface area contributed by atoms with Gasteiger partial charge in [-0.2, -0.15) is 0 Å². The number of hydrogen-bond donors (Lipinski definition) is 1. The van der Waals surface area contributed by atoms with Crippen molar-refractivity contribution in [1.29, 1.82) is 0 Å². The van der Waals surface area contributed by atoms with Gasteiger partial charge in [0.15, 0.2) is 0 Å². The summed E-state index contributed by atoms with van der Waals surface area (Å²) in [5.41, 5.74) is 3.57. The summed E-state index contributed by atoms with van der Waals surface area (Å²) in [6.45, 7) is 0.549. The molecular formula is C24H22ClNO2. The number of amides is 1. The maximum absolute atomic E-state index is 12.9. The van der Waals surface area contributed by atoms with Gasteiger partial charge in [-0.15, -0.1) is 0 Å². The minimum atomic E-state index is -0.101. The first-order chi connectivity index (χ1) is 13.7. The fourth-order valence-electron chi connectivity index (χ4n) is 2.83. The number of benzene rings is 3. The topological polar surface area (TPSA) is 38.3 Å². The Morgan fingerprint density at radius 1 is 0.964 bits per heavy atom. The molecule has 0 saturated heterocycles. The third kappa shape index (κ3) is 5.48. The van der Waals surface area contributed by atoms with Crippen molar-refractivity contribution in [2.45, 2.75) is 6.42 Å². The van der Waals surface area contributed by atoms with Crippen LogP contribution in [-0.2, 0) is 11.2 Å². The van der Waals surface area contributed by atoms with E-state index in [0.717, 1.165) is 28.9 Å². The molecule has 4 heteroatoms. The maximum atomic E-state index is 12.9. The lowest BCUT2D eigenvalue weighted by molar-refractivity contribution is -0.115. The summed E-state index contributed by atoms with van der Waals surface area (Å²) in [5.74, 6) is 0.682. The predicted molar refractivity (Wildman–Crippen MR) is 115 cm³/mol. The fraction of sp³-hybridized carbons (Fsp3) is 0.125. The van der Waals surface area contributed by atoms with Crippen LogP contribution in [0.4, 0.5) is 0 Å². The molecule has 142 valence electrons. The van der Waals surface area contributed by atoms with Gasteiger partial charge in [0.25, 0.3) is 5.91 Å². The first-order valence-electron chi connectivity index (χ1n) is 9.09. The van der Waals surface area contributed by atoms with Crippen LogP contribution in [0.2, 0.25) is 5.02 Å². The molecule has 0 aliphatic rings. The van der Waals surface area contributed by atoms with Crippen molar-refractivity contribution in [2.24, 2.45) is 0 Å². The number of hydrogen-bond acceptors (Lipinski definition) is 2. The summed E-state index contributed by atoms with van der Waals surface area (Å²) < 4.78 is 5.20. The van der Waals surface area contributed by atoms with E-state index in [-0.39, 0.29) is 5.91 Å². The lowest BCUT2D eigenvalue weighted by Gasteiger charge is -2.10. The molecular weight excluding hydrogens is 370 g/mol. The Morgan fingerprint density at radius 3 is 2.29 bits per heavy atom. The first kappa shape index (κ1) is 19.7. The fourth-order valence-corrected chi connectivity index (χ4v) is 2.96. The quantitative estimate of drug-likeness (QED) is 0.441. The molecule has 0 atom stereocenters. The van der Waals surface area contributed by atoms with Crippen molar-refractivity contribution >= 4 is 29.2 Å². The van der Waals surface area contributed by atoms with Crippen molar-refractivity contribution in [3.63, 3.8) is 0 Å².